The van der Waals surface area contributed by atoms with Crippen molar-refractivity contribution in [1.29, 1.82) is 0 Å². The monoisotopic (exact) mass is 427 g/mol. The molecule has 2 bridgehead atoms. The summed E-state index contributed by atoms with van der Waals surface area (Å²) in [6.07, 6.45) is 3.84. The van der Waals surface area contributed by atoms with E-state index in [0.29, 0.717) is 5.69 Å². The van der Waals surface area contributed by atoms with Crippen molar-refractivity contribution in [2.75, 3.05) is 4.90 Å². The number of anilines is 1. The standard InChI is InChI=1S/C27H25NO4/c1-15(2)32-27(31)18-11-7-8-12-21(18)28-25(29)23-19-13-14-20(24(23)26(28)30)22(19)16(3)17-9-5-4-6-10-17/h4-15,19-20,23-24H,1-3H3/t19-,20-,23-,24-/m1/s1. The van der Waals surface area contributed by atoms with Gasteiger partial charge in [0.25, 0.3) is 0 Å². The van der Waals surface area contributed by atoms with Crippen molar-refractivity contribution in [3.05, 3.63) is 83.4 Å². The van der Waals surface area contributed by atoms with E-state index in [2.05, 4.69) is 31.2 Å². The van der Waals surface area contributed by atoms with E-state index in [1.807, 2.05) is 18.2 Å². The number of nitrogens with zero attached hydrogens (tertiary/aromatic N) is 1. The first-order valence-electron chi connectivity index (χ1n) is 11.0. The molecule has 5 nitrogen and oxygen atoms in total. The summed E-state index contributed by atoms with van der Waals surface area (Å²) >= 11 is 0. The summed E-state index contributed by atoms with van der Waals surface area (Å²) in [5.41, 5.74) is 3.96. The molecule has 3 aliphatic rings. The number of benzene rings is 2. The third-order valence-electron chi connectivity index (χ3n) is 6.76. The van der Waals surface area contributed by atoms with Crippen LogP contribution < -0.4 is 4.90 Å². The molecular weight excluding hydrogens is 402 g/mol. The molecule has 0 N–H and O–H groups in total. The molecule has 4 atom stereocenters. The van der Waals surface area contributed by atoms with Gasteiger partial charge in [-0.25, -0.2) is 9.69 Å². The normalized spacial score (nSPS) is 25.6. The average Bonchev–Trinajstić information content (AvgIpc) is 3.43. The van der Waals surface area contributed by atoms with Crippen LogP contribution in [0.15, 0.2) is 72.3 Å². The number of allylic oxidation sites excluding steroid dienone is 4. The predicted octanol–water partition coefficient (Wildman–Crippen LogP) is 4.65. The number of hydrogen-bond donors (Lipinski definition) is 0. The highest BCUT2D eigenvalue weighted by Crippen LogP contribution is 2.58. The Morgan fingerprint density at radius 3 is 2.03 bits per heavy atom. The lowest BCUT2D eigenvalue weighted by Gasteiger charge is -2.22. The molecule has 32 heavy (non-hydrogen) atoms. The molecule has 1 heterocycles. The minimum atomic E-state index is -0.533. The number of ether oxygens (including phenoxy) is 1. The number of amides is 2. The fraction of sp³-hybridized carbons (Fsp3) is 0.296. The lowest BCUT2D eigenvalue weighted by Crippen LogP contribution is -2.34. The van der Waals surface area contributed by atoms with Gasteiger partial charge in [-0.3, -0.25) is 9.59 Å². The summed E-state index contributed by atoms with van der Waals surface area (Å²) < 4.78 is 5.35. The number of rotatable bonds is 4. The third kappa shape index (κ3) is 2.95. The van der Waals surface area contributed by atoms with Crippen LogP contribution in [0, 0.1) is 23.7 Å². The molecule has 162 valence electrons. The molecular formula is C27H25NO4. The lowest BCUT2D eigenvalue weighted by atomic mass is 9.85. The van der Waals surface area contributed by atoms with Crippen LogP contribution in [0.5, 0.6) is 0 Å². The fourth-order valence-corrected chi connectivity index (χ4v) is 5.47. The summed E-state index contributed by atoms with van der Waals surface area (Å²) in [6.45, 7) is 5.61. The quantitative estimate of drug-likeness (QED) is 0.405. The molecule has 0 spiro atoms. The Kier molecular flexibility index (Phi) is 4.85. The first kappa shape index (κ1) is 20.4. The van der Waals surface area contributed by atoms with Crippen LogP contribution in [0.1, 0.15) is 36.7 Å². The van der Waals surface area contributed by atoms with E-state index < -0.39 is 17.8 Å². The molecule has 2 aliphatic carbocycles. The molecule has 0 radical (unpaired) electrons. The van der Waals surface area contributed by atoms with Gasteiger partial charge in [-0.15, -0.1) is 0 Å². The number of carbonyl (C=O) groups excluding carboxylic acids is 3. The Morgan fingerprint density at radius 2 is 1.44 bits per heavy atom. The van der Waals surface area contributed by atoms with Crippen LogP contribution in [0.2, 0.25) is 0 Å². The van der Waals surface area contributed by atoms with Gasteiger partial charge >= 0.3 is 5.97 Å². The number of carbonyl (C=O) groups is 3. The zero-order chi connectivity index (χ0) is 22.6. The highest BCUT2D eigenvalue weighted by molar-refractivity contribution is 6.25. The smallest absolute Gasteiger partial charge is 0.340 e. The number of fused-ring (bicyclic) bond motifs is 5. The lowest BCUT2D eigenvalue weighted by molar-refractivity contribution is -0.122. The van der Waals surface area contributed by atoms with Gasteiger partial charge in [0.15, 0.2) is 0 Å². The third-order valence-corrected chi connectivity index (χ3v) is 6.76. The van der Waals surface area contributed by atoms with Gasteiger partial charge in [0, 0.05) is 11.8 Å². The van der Waals surface area contributed by atoms with Gasteiger partial charge in [-0.1, -0.05) is 60.2 Å². The molecule has 1 aliphatic heterocycles. The topological polar surface area (TPSA) is 63.7 Å². The van der Waals surface area contributed by atoms with Crippen LogP contribution in [-0.2, 0) is 14.3 Å². The summed E-state index contributed by atoms with van der Waals surface area (Å²) in [5, 5.41) is 0. The molecule has 2 fully saturated rings. The second kappa shape index (κ2) is 7.59. The maximum absolute atomic E-state index is 13.6. The zero-order valence-electron chi connectivity index (χ0n) is 18.3. The molecule has 0 unspecified atom stereocenters. The van der Waals surface area contributed by atoms with Crippen molar-refractivity contribution in [2.24, 2.45) is 23.7 Å². The summed E-state index contributed by atoms with van der Waals surface area (Å²) in [6, 6.07) is 16.8. The number of esters is 1. The molecule has 2 amide bonds. The molecule has 0 aromatic heterocycles. The van der Waals surface area contributed by atoms with E-state index in [1.54, 1.807) is 38.1 Å². The minimum absolute atomic E-state index is 0.0959. The Hall–Kier alpha value is -3.47. The van der Waals surface area contributed by atoms with Gasteiger partial charge in [-0.05, 0) is 44.0 Å². The highest BCUT2D eigenvalue weighted by atomic mass is 16.5. The SMILES string of the molecule is CC(=C1[C@H]2C=C[C@H]1[C@H]1C(=O)N(c3ccccc3C(=O)OC(C)C)C(=O)[C@@H]12)c1ccccc1. The van der Waals surface area contributed by atoms with Crippen LogP contribution in [0.4, 0.5) is 5.69 Å². The molecule has 1 saturated carbocycles. The number of imide groups is 1. The predicted molar refractivity (Wildman–Crippen MR) is 122 cm³/mol. The number of para-hydroxylation sites is 1. The Balaban J connectivity index is 1.52. The van der Waals surface area contributed by atoms with E-state index in [0.717, 1.165) is 11.1 Å². The fourth-order valence-electron chi connectivity index (χ4n) is 5.47. The maximum atomic E-state index is 13.6. The van der Waals surface area contributed by atoms with Gasteiger partial charge < -0.3 is 4.74 Å². The van der Waals surface area contributed by atoms with Gasteiger partial charge in [-0.2, -0.15) is 0 Å². The largest absolute Gasteiger partial charge is 0.459 e. The van der Waals surface area contributed by atoms with E-state index >= 15 is 0 Å². The van der Waals surface area contributed by atoms with Gasteiger partial charge in [0.2, 0.25) is 11.8 Å². The summed E-state index contributed by atoms with van der Waals surface area (Å²) in [5.74, 6) is -2.06. The van der Waals surface area contributed by atoms with E-state index in [-0.39, 0.29) is 35.3 Å². The van der Waals surface area contributed by atoms with Crippen LogP contribution >= 0.6 is 0 Å². The Morgan fingerprint density at radius 1 is 0.875 bits per heavy atom. The molecule has 2 aromatic rings. The van der Waals surface area contributed by atoms with E-state index in [9.17, 15) is 14.4 Å². The zero-order valence-corrected chi connectivity index (χ0v) is 18.3. The average molecular weight is 428 g/mol. The second-order valence-electron chi connectivity index (χ2n) is 8.92. The first-order chi connectivity index (χ1) is 15.4. The van der Waals surface area contributed by atoms with Crippen molar-refractivity contribution in [3.8, 4) is 0 Å². The molecule has 1 saturated heterocycles. The van der Waals surface area contributed by atoms with Crippen molar-refractivity contribution >= 4 is 29.0 Å². The van der Waals surface area contributed by atoms with Crippen LogP contribution in [0.3, 0.4) is 0 Å². The van der Waals surface area contributed by atoms with Gasteiger partial charge in [0.05, 0.1) is 29.2 Å². The van der Waals surface area contributed by atoms with Crippen molar-refractivity contribution in [3.63, 3.8) is 0 Å². The second-order valence-corrected chi connectivity index (χ2v) is 8.92. The molecule has 5 heteroatoms. The Bertz CT molecular complexity index is 1140. The number of hydrogen-bond acceptors (Lipinski definition) is 4. The summed E-state index contributed by atoms with van der Waals surface area (Å²) in [7, 11) is 0. The van der Waals surface area contributed by atoms with Gasteiger partial charge in [0.1, 0.15) is 0 Å². The summed E-state index contributed by atoms with van der Waals surface area (Å²) in [4.78, 5) is 41.0. The van der Waals surface area contributed by atoms with E-state index in [4.69, 9.17) is 4.74 Å². The van der Waals surface area contributed by atoms with Crippen molar-refractivity contribution in [2.45, 2.75) is 26.9 Å². The van der Waals surface area contributed by atoms with Crippen molar-refractivity contribution in [1.82, 2.24) is 0 Å². The van der Waals surface area contributed by atoms with Crippen LogP contribution in [-0.4, -0.2) is 23.9 Å². The minimum Gasteiger partial charge on any atom is -0.459 e. The van der Waals surface area contributed by atoms with Crippen molar-refractivity contribution < 1.29 is 19.1 Å². The first-order valence-corrected chi connectivity index (χ1v) is 11.0. The molecule has 2 aromatic carbocycles. The highest BCUT2D eigenvalue weighted by Gasteiger charge is 2.62. The molecule has 5 rings (SSSR count). The maximum Gasteiger partial charge on any atom is 0.340 e. The Labute approximate surface area is 187 Å². The van der Waals surface area contributed by atoms with E-state index in [1.165, 1.54) is 10.5 Å². The van der Waals surface area contributed by atoms with Crippen LogP contribution in [0.25, 0.3) is 5.57 Å².